The van der Waals surface area contributed by atoms with Crippen molar-refractivity contribution >= 4 is 10.8 Å². The highest BCUT2D eigenvalue weighted by Crippen LogP contribution is 2.26. The van der Waals surface area contributed by atoms with Gasteiger partial charge in [0.25, 0.3) is 0 Å². The maximum Gasteiger partial charge on any atom is 0.213 e. The summed E-state index contributed by atoms with van der Waals surface area (Å²) in [4.78, 5) is 0. The molecular formula is C20H22N+. The lowest BCUT2D eigenvalue weighted by Gasteiger charge is -2.09. The minimum absolute atomic E-state index is 1.07. The van der Waals surface area contributed by atoms with Crippen molar-refractivity contribution in [2.24, 2.45) is 7.05 Å². The zero-order valence-electron chi connectivity index (χ0n) is 13.3. The summed E-state index contributed by atoms with van der Waals surface area (Å²) >= 11 is 0. The SMILES string of the molecule is CCc1cccc2cc(-c3cc(C)ccc3C)[n+](C)cc12. The summed E-state index contributed by atoms with van der Waals surface area (Å²) in [5, 5.41) is 2.68. The van der Waals surface area contributed by atoms with E-state index in [4.69, 9.17) is 0 Å². The van der Waals surface area contributed by atoms with Crippen LogP contribution < -0.4 is 4.57 Å². The Morgan fingerprint density at radius 1 is 1.00 bits per heavy atom. The molecule has 21 heavy (non-hydrogen) atoms. The van der Waals surface area contributed by atoms with Crippen LogP contribution in [-0.4, -0.2) is 0 Å². The zero-order chi connectivity index (χ0) is 15.0. The monoisotopic (exact) mass is 276 g/mol. The van der Waals surface area contributed by atoms with Gasteiger partial charge in [0.15, 0.2) is 6.20 Å². The molecule has 0 N–H and O–H groups in total. The van der Waals surface area contributed by atoms with Crippen LogP contribution in [0.3, 0.4) is 0 Å². The average Bonchev–Trinajstić information content (AvgIpc) is 2.48. The number of rotatable bonds is 2. The summed E-state index contributed by atoms with van der Waals surface area (Å²) < 4.78 is 2.25. The lowest BCUT2D eigenvalue weighted by molar-refractivity contribution is -0.659. The first-order valence-electron chi connectivity index (χ1n) is 7.59. The van der Waals surface area contributed by atoms with Gasteiger partial charge in [0.05, 0.1) is 0 Å². The van der Waals surface area contributed by atoms with Crippen molar-refractivity contribution in [1.29, 1.82) is 0 Å². The maximum atomic E-state index is 2.32. The van der Waals surface area contributed by atoms with Crippen LogP contribution in [0.4, 0.5) is 0 Å². The number of hydrogen-bond acceptors (Lipinski definition) is 0. The Bertz CT molecular complexity index is 815. The highest BCUT2D eigenvalue weighted by molar-refractivity contribution is 5.87. The van der Waals surface area contributed by atoms with Crippen molar-refractivity contribution in [3.05, 3.63) is 65.4 Å². The van der Waals surface area contributed by atoms with E-state index in [2.05, 4.69) is 81.0 Å². The number of hydrogen-bond donors (Lipinski definition) is 0. The maximum absolute atomic E-state index is 2.32. The first kappa shape index (κ1) is 13.8. The van der Waals surface area contributed by atoms with Gasteiger partial charge in [-0.05, 0) is 42.8 Å². The third kappa shape index (κ3) is 2.44. The Morgan fingerprint density at radius 2 is 1.81 bits per heavy atom. The number of aryl methyl sites for hydroxylation is 4. The number of pyridine rings is 1. The molecule has 1 nitrogen and oxygen atoms in total. The molecule has 0 amide bonds. The van der Waals surface area contributed by atoms with Crippen LogP contribution in [0.25, 0.3) is 22.0 Å². The van der Waals surface area contributed by atoms with E-state index in [9.17, 15) is 0 Å². The van der Waals surface area contributed by atoms with Gasteiger partial charge in [0, 0.05) is 17.0 Å². The van der Waals surface area contributed by atoms with Gasteiger partial charge in [-0.3, -0.25) is 0 Å². The van der Waals surface area contributed by atoms with E-state index in [1.165, 1.54) is 38.7 Å². The van der Waals surface area contributed by atoms with Crippen LogP contribution in [0.15, 0.2) is 48.7 Å². The van der Waals surface area contributed by atoms with Crippen LogP contribution in [-0.2, 0) is 13.5 Å². The molecule has 0 fully saturated rings. The van der Waals surface area contributed by atoms with Crippen molar-refractivity contribution < 1.29 is 4.57 Å². The Morgan fingerprint density at radius 3 is 2.57 bits per heavy atom. The summed E-state index contributed by atoms with van der Waals surface area (Å²) in [6.07, 6.45) is 3.34. The number of nitrogens with zero attached hydrogens (tertiary/aromatic N) is 1. The van der Waals surface area contributed by atoms with E-state index in [1.807, 2.05) is 0 Å². The van der Waals surface area contributed by atoms with Crippen LogP contribution in [0, 0.1) is 13.8 Å². The van der Waals surface area contributed by atoms with Gasteiger partial charge >= 0.3 is 0 Å². The van der Waals surface area contributed by atoms with Crippen LogP contribution in [0.1, 0.15) is 23.6 Å². The van der Waals surface area contributed by atoms with E-state index in [0.717, 1.165) is 6.42 Å². The van der Waals surface area contributed by atoms with E-state index >= 15 is 0 Å². The van der Waals surface area contributed by atoms with Gasteiger partial charge in [-0.1, -0.05) is 42.8 Å². The van der Waals surface area contributed by atoms with Gasteiger partial charge in [-0.2, -0.15) is 0 Å². The first-order chi connectivity index (χ1) is 10.1. The second-order valence-electron chi connectivity index (χ2n) is 5.86. The molecule has 0 aliphatic rings. The summed E-state index contributed by atoms with van der Waals surface area (Å²) in [6, 6.07) is 15.6. The number of fused-ring (bicyclic) bond motifs is 1. The lowest BCUT2D eigenvalue weighted by atomic mass is 9.98. The molecule has 0 saturated carbocycles. The van der Waals surface area contributed by atoms with E-state index in [-0.39, 0.29) is 0 Å². The Labute approximate surface area is 126 Å². The minimum atomic E-state index is 1.07. The first-order valence-corrected chi connectivity index (χ1v) is 7.59. The highest BCUT2D eigenvalue weighted by atomic mass is 14.9. The Hall–Kier alpha value is -2.15. The van der Waals surface area contributed by atoms with Gasteiger partial charge < -0.3 is 0 Å². The molecule has 1 heteroatoms. The minimum Gasteiger partial charge on any atom is -0.200 e. The zero-order valence-corrected chi connectivity index (χ0v) is 13.3. The second-order valence-corrected chi connectivity index (χ2v) is 5.86. The molecule has 0 aliphatic carbocycles. The molecular weight excluding hydrogens is 254 g/mol. The van der Waals surface area contributed by atoms with Crippen LogP contribution in [0.2, 0.25) is 0 Å². The summed E-state index contributed by atoms with van der Waals surface area (Å²) in [7, 11) is 2.14. The number of aromatic nitrogens is 1. The molecule has 3 aromatic rings. The average molecular weight is 276 g/mol. The van der Waals surface area contributed by atoms with Crippen molar-refractivity contribution in [2.75, 3.05) is 0 Å². The van der Waals surface area contributed by atoms with Gasteiger partial charge in [-0.15, -0.1) is 0 Å². The third-order valence-electron chi connectivity index (χ3n) is 4.28. The molecule has 0 unspecified atom stereocenters. The molecule has 0 saturated heterocycles. The van der Waals surface area contributed by atoms with E-state index < -0.39 is 0 Å². The molecule has 1 aromatic heterocycles. The van der Waals surface area contributed by atoms with Gasteiger partial charge in [-0.25, -0.2) is 4.57 Å². The third-order valence-corrected chi connectivity index (χ3v) is 4.28. The topological polar surface area (TPSA) is 3.88 Å². The van der Waals surface area contributed by atoms with Gasteiger partial charge in [0.1, 0.15) is 7.05 Å². The quantitative estimate of drug-likeness (QED) is 0.606. The molecule has 3 rings (SSSR count). The predicted octanol–water partition coefficient (Wildman–Crippen LogP) is 4.51. The largest absolute Gasteiger partial charge is 0.213 e. The van der Waals surface area contributed by atoms with E-state index in [0.29, 0.717) is 0 Å². The predicted molar refractivity (Wildman–Crippen MR) is 89.4 cm³/mol. The van der Waals surface area contributed by atoms with Crippen molar-refractivity contribution in [2.45, 2.75) is 27.2 Å². The highest BCUT2D eigenvalue weighted by Gasteiger charge is 2.15. The molecule has 0 aliphatic heterocycles. The molecule has 2 aromatic carbocycles. The Kier molecular flexibility index (Phi) is 3.50. The van der Waals surface area contributed by atoms with Crippen molar-refractivity contribution in [3.63, 3.8) is 0 Å². The van der Waals surface area contributed by atoms with E-state index in [1.54, 1.807) is 0 Å². The fourth-order valence-corrected chi connectivity index (χ4v) is 3.02. The number of benzene rings is 2. The summed E-state index contributed by atoms with van der Waals surface area (Å²) in [5.74, 6) is 0. The lowest BCUT2D eigenvalue weighted by Crippen LogP contribution is -2.30. The standard InChI is InChI=1S/C20H22N/c1-5-16-7-6-8-17-12-20(21(4)13-19(16)17)18-11-14(2)9-10-15(18)3/h6-13H,5H2,1-4H3/q+1. The summed E-state index contributed by atoms with van der Waals surface area (Å²) in [6.45, 7) is 6.55. The van der Waals surface area contributed by atoms with Crippen molar-refractivity contribution in [1.82, 2.24) is 0 Å². The molecule has 0 radical (unpaired) electrons. The smallest absolute Gasteiger partial charge is 0.200 e. The fourth-order valence-electron chi connectivity index (χ4n) is 3.02. The molecule has 0 bridgehead atoms. The normalized spacial score (nSPS) is 11.0. The molecule has 0 atom stereocenters. The molecule has 106 valence electrons. The summed E-state index contributed by atoms with van der Waals surface area (Å²) in [5.41, 5.74) is 6.63. The van der Waals surface area contributed by atoms with Crippen LogP contribution in [0.5, 0.6) is 0 Å². The molecule has 1 heterocycles. The molecule has 0 spiro atoms. The van der Waals surface area contributed by atoms with Crippen molar-refractivity contribution in [3.8, 4) is 11.3 Å². The Balaban J connectivity index is 2.29. The van der Waals surface area contributed by atoms with Gasteiger partial charge in [0.2, 0.25) is 5.69 Å². The fraction of sp³-hybridized carbons (Fsp3) is 0.250. The van der Waals surface area contributed by atoms with Crippen LogP contribution >= 0.6 is 0 Å². The second kappa shape index (κ2) is 5.33.